The zero-order valence-electron chi connectivity index (χ0n) is 18.1. The number of anilines is 1. The van der Waals surface area contributed by atoms with Gasteiger partial charge in [0, 0.05) is 17.1 Å². The topological polar surface area (TPSA) is 64.0 Å². The van der Waals surface area contributed by atoms with Crippen molar-refractivity contribution in [2.24, 2.45) is 0 Å². The summed E-state index contributed by atoms with van der Waals surface area (Å²) in [6.07, 6.45) is 0.524. The number of hydrogen-bond donors (Lipinski definition) is 1. The summed E-state index contributed by atoms with van der Waals surface area (Å²) >= 11 is 7.41. The minimum absolute atomic E-state index is 0.155. The lowest BCUT2D eigenvalue weighted by molar-refractivity contribution is 0.103. The molecule has 1 N–H and O–H groups in total. The van der Waals surface area contributed by atoms with E-state index < -0.39 is 0 Å². The van der Waals surface area contributed by atoms with E-state index >= 15 is 0 Å². The van der Waals surface area contributed by atoms with Crippen molar-refractivity contribution in [1.82, 2.24) is 9.55 Å². The molecule has 0 fully saturated rings. The number of amides is 1. The van der Waals surface area contributed by atoms with E-state index in [4.69, 9.17) is 16.6 Å². The van der Waals surface area contributed by atoms with E-state index in [9.17, 15) is 9.59 Å². The van der Waals surface area contributed by atoms with Crippen LogP contribution in [-0.4, -0.2) is 15.5 Å². The summed E-state index contributed by atoms with van der Waals surface area (Å²) in [4.78, 5) is 31.6. The van der Waals surface area contributed by atoms with Crippen molar-refractivity contribution in [3.63, 3.8) is 0 Å². The molecule has 7 heteroatoms. The van der Waals surface area contributed by atoms with Gasteiger partial charge in [0.15, 0.2) is 0 Å². The van der Waals surface area contributed by atoms with Crippen LogP contribution in [0.3, 0.4) is 0 Å². The Morgan fingerprint density at radius 3 is 2.47 bits per heavy atom. The molecule has 0 aliphatic heterocycles. The maximum Gasteiger partial charge on any atom is 0.265 e. The highest BCUT2D eigenvalue weighted by Crippen LogP contribution is 2.20. The normalized spacial score (nSPS) is 11.0. The monoisotopic (exact) mass is 485 g/mol. The van der Waals surface area contributed by atoms with Crippen molar-refractivity contribution < 1.29 is 4.79 Å². The van der Waals surface area contributed by atoms with Crippen molar-refractivity contribution in [3.8, 4) is 0 Å². The van der Waals surface area contributed by atoms with Gasteiger partial charge in [-0.2, -0.15) is 0 Å². The number of nitrogens with one attached hydrogen (secondary N) is 1. The molecule has 5 aromatic rings. The molecule has 0 unspecified atom stereocenters. The Morgan fingerprint density at radius 2 is 1.74 bits per heavy atom. The number of fused-ring (bicyclic) bond motifs is 1. The van der Waals surface area contributed by atoms with Gasteiger partial charge in [0.2, 0.25) is 0 Å². The molecule has 3 aromatic carbocycles. The fourth-order valence-electron chi connectivity index (χ4n) is 3.79. The first-order valence-corrected chi connectivity index (χ1v) is 12.0. The average Bonchev–Trinajstić information content (AvgIpc) is 3.39. The van der Waals surface area contributed by atoms with E-state index in [1.165, 1.54) is 11.3 Å². The van der Waals surface area contributed by atoms with E-state index in [0.29, 0.717) is 45.3 Å². The first-order chi connectivity index (χ1) is 16.6. The van der Waals surface area contributed by atoms with E-state index in [1.807, 2.05) is 66.0 Å². The van der Waals surface area contributed by atoms with Crippen LogP contribution in [0.4, 0.5) is 5.69 Å². The quantitative estimate of drug-likeness (QED) is 0.320. The zero-order valence-corrected chi connectivity index (χ0v) is 19.6. The maximum absolute atomic E-state index is 13.7. The lowest BCUT2D eigenvalue weighted by Gasteiger charge is -2.15. The highest BCUT2D eigenvalue weighted by Gasteiger charge is 2.14. The van der Waals surface area contributed by atoms with E-state index in [1.54, 1.807) is 28.8 Å². The van der Waals surface area contributed by atoms with E-state index in [-0.39, 0.29) is 11.5 Å². The van der Waals surface area contributed by atoms with Gasteiger partial charge >= 0.3 is 0 Å². The summed E-state index contributed by atoms with van der Waals surface area (Å²) in [7, 11) is 0. The molecule has 0 radical (unpaired) electrons. The Balaban J connectivity index is 1.57. The SMILES string of the molecule is O=C(Nc1ccc2nc(Cc3ccccc3)n(Cc3ccc(Cl)cc3)c(=O)c2c1)c1cccs1. The summed E-state index contributed by atoms with van der Waals surface area (Å²) in [5.41, 5.74) is 3.01. The van der Waals surface area contributed by atoms with Gasteiger partial charge in [0.1, 0.15) is 5.82 Å². The van der Waals surface area contributed by atoms with E-state index in [0.717, 1.165) is 11.1 Å². The lowest BCUT2D eigenvalue weighted by Crippen LogP contribution is -2.26. The third-order valence-electron chi connectivity index (χ3n) is 5.50. The number of benzene rings is 3. The lowest BCUT2D eigenvalue weighted by atomic mass is 10.1. The predicted octanol–water partition coefficient (Wildman–Crippen LogP) is 6.00. The molecule has 34 heavy (non-hydrogen) atoms. The Kier molecular flexibility index (Phi) is 6.25. The van der Waals surface area contributed by atoms with Crippen LogP contribution in [0.1, 0.15) is 26.6 Å². The van der Waals surface area contributed by atoms with Gasteiger partial charge in [-0.1, -0.05) is 60.1 Å². The molecular weight excluding hydrogens is 466 g/mol. The van der Waals surface area contributed by atoms with Gasteiger partial charge in [0.05, 0.1) is 22.3 Å². The van der Waals surface area contributed by atoms with Crippen LogP contribution in [0.15, 0.2) is 95.1 Å². The number of hydrogen-bond acceptors (Lipinski definition) is 4. The van der Waals surface area contributed by atoms with E-state index in [2.05, 4.69) is 5.32 Å². The van der Waals surface area contributed by atoms with Crippen molar-refractivity contribution in [1.29, 1.82) is 0 Å². The fraction of sp³-hybridized carbons (Fsp3) is 0.0741. The van der Waals surface area contributed by atoms with Crippen molar-refractivity contribution in [2.45, 2.75) is 13.0 Å². The fourth-order valence-corrected chi connectivity index (χ4v) is 4.54. The Bertz CT molecular complexity index is 1510. The second-order valence-corrected chi connectivity index (χ2v) is 9.26. The largest absolute Gasteiger partial charge is 0.321 e. The summed E-state index contributed by atoms with van der Waals surface area (Å²) in [6, 6.07) is 26.2. The average molecular weight is 486 g/mol. The van der Waals surface area contributed by atoms with Crippen LogP contribution >= 0.6 is 22.9 Å². The number of carbonyl (C=O) groups excluding carboxylic acids is 1. The van der Waals surface area contributed by atoms with Crippen LogP contribution in [0, 0.1) is 0 Å². The molecule has 0 aliphatic rings. The second-order valence-electron chi connectivity index (χ2n) is 7.87. The number of halogens is 1. The minimum Gasteiger partial charge on any atom is -0.321 e. The summed E-state index contributed by atoms with van der Waals surface area (Å²) in [5, 5.41) is 5.82. The van der Waals surface area contributed by atoms with Crippen LogP contribution in [0.5, 0.6) is 0 Å². The number of carbonyl (C=O) groups is 1. The first kappa shape index (κ1) is 22.1. The number of nitrogens with zero attached hydrogens (tertiary/aromatic N) is 2. The maximum atomic E-state index is 13.7. The third kappa shape index (κ3) is 4.78. The molecule has 2 heterocycles. The Morgan fingerprint density at radius 1 is 0.941 bits per heavy atom. The zero-order chi connectivity index (χ0) is 23.5. The molecular formula is C27H20ClN3O2S. The second kappa shape index (κ2) is 9.63. The standard InChI is InChI=1S/C27H20ClN3O2S/c28-20-10-8-19(9-11-20)17-31-25(15-18-5-2-1-3-6-18)30-23-13-12-21(16-22(23)27(31)33)29-26(32)24-7-4-14-34-24/h1-14,16H,15,17H2,(H,29,32). The van der Waals surface area contributed by atoms with Crippen molar-refractivity contribution in [2.75, 3.05) is 5.32 Å². The van der Waals surface area contributed by atoms with Gasteiger partial charge in [-0.15, -0.1) is 11.3 Å². The molecule has 5 rings (SSSR count). The molecule has 5 nitrogen and oxygen atoms in total. The summed E-state index contributed by atoms with van der Waals surface area (Å²) in [5.74, 6) is 0.471. The van der Waals surface area contributed by atoms with Crippen molar-refractivity contribution in [3.05, 3.63) is 128 Å². The number of aromatic nitrogens is 2. The Labute approximate surface area is 205 Å². The highest BCUT2D eigenvalue weighted by molar-refractivity contribution is 7.12. The first-order valence-electron chi connectivity index (χ1n) is 10.7. The van der Waals surface area contributed by atoms with Crippen molar-refractivity contribution >= 4 is 45.4 Å². The third-order valence-corrected chi connectivity index (χ3v) is 6.62. The molecule has 0 saturated heterocycles. The predicted molar refractivity (Wildman–Crippen MR) is 138 cm³/mol. The van der Waals surface area contributed by atoms with Gasteiger partial charge in [-0.3, -0.25) is 14.2 Å². The van der Waals surface area contributed by atoms with Gasteiger partial charge in [-0.25, -0.2) is 4.98 Å². The molecule has 0 saturated carbocycles. The highest BCUT2D eigenvalue weighted by atomic mass is 35.5. The number of rotatable bonds is 6. The van der Waals surface area contributed by atoms with Gasteiger partial charge < -0.3 is 5.32 Å². The molecule has 1 amide bonds. The molecule has 168 valence electrons. The summed E-state index contributed by atoms with van der Waals surface area (Å²) in [6.45, 7) is 0.368. The summed E-state index contributed by atoms with van der Waals surface area (Å²) < 4.78 is 1.70. The van der Waals surface area contributed by atoms with Crippen LogP contribution < -0.4 is 10.9 Å². The molecule has 2 aromatic heterocycles. The minimum atomic E-state index is -0.204. The van der Waals surface area contributed by atoms with Crippen LogP contribution in [-0.2, 0) is 13.0 Å². The molecule has 0 bridgehead atoms. The van der Waals surface area contributed by atoms with Gasteiger partial charge in [0.25, 0.3) is 11.5 Å². The molecule has 0 aliphatic carbocycles. The molecule has 0 atom stereocenters. The number of thiophene rings is 1. The smallest absolute Gasteiger partial charge is 0.265 e. The van der Waals surface area contributed by atoms with Gasteiger partial charge in [-0.05, 0) is 52.9 Å². The van der Waals surface area contributed by atoms with Crippen LogP contribution in [0.25, 0.3) is 10.9 Å². The van der Waals surface area contributed by atoms with Crippen LogP contribution in [0.2, 0.25) is 5.02 Å². The Hall–Kier alpha value is -3.74. The molecule has 0 spiro atoms.